The van der Waals surface area contributed by atoms with E-state index < -0.39 is 0 Å². The second-order valence-electron chi connectivity index (χ2n) is 4.07. The van der Waals surface area contributed by atoms with Crippen LogP contribution in [0.3, 0.4) is 0 Å². The molecule has 0 atom stereocenters. The number of phenols is 1. The molecule has 1 aliphatic rings. The number of halogens is 1. The van der Waals surface area contributed by atoms with Crippen LogP contribution >= 0.6 is 11.6 Å². The Morgan fingerprint density at radius 1 is 1.40 bits per heavy atom. The van der Waals surface area contributed by atoms with Gasteiger partial charge in [0.15, 0.2) is 0 Å². The van der Waals surface area contributed by atoms with E-state index in [0.29, 0.717) is 11.6 Å². The third-order valence-corrected chi connectivity index (χ3v) is 3.09. The summed E-state index contributed by atoms with van der Waals surface area (Å²) in [5.74, 6) is 0.237. The maximum absolute atomic E-state index is 9.56. The zero-order valence-electron chi connectivity index (χ0n) is 8.33. The average Bonchev–Trinajstić information content (AvgIpc) is 3.00. The molecule has 3 nitrogen and oxygen atoms in total. The Bertz CT molecular complexity index is 364. The van der Waals surface area contributed by atoms with E-state index in [9.17, 15) is 5.11 Å². The second kappa shape index (κ2) is 4.00. The standard InChI is InChI=1S/C11H14ClNO2/c12-9-1-2-10(15)8(5-9)6-13-11(7-14)3-4-11/h1-2,5,13-15H,3-4,6-7H2. The van der Waals surface area contributed by atoms with Crippen LogP contribution in [0.15, 0.2) is 18.2 Å². The number of benzene rings is 1. The highest BCUT2D eigenvalue weighted by atomic mass is 35.5. The number of phenolic OH excluding ortho intramolecular Hbond substituents is 1. The fourth-order valence-electron chi connectivity index (χ4n) is 1.52. The summed E-state index contributed by atoms with van der Waals surface area (Å²) in [6.07, 6.45) is 1.98. The van der Waals surface area contributed by atoms with Gasteiger partial charge >= 0.3 is 0 Å². The van der Waals surface area contributed by atoms with Gasteiger partial charge in [0, 0.05) is 22.7 Å². The van der Waals surface area contributed by atoms with Crippen molar-refractivity contribution >= 4 is 11.6 Å². The molecule has 0 bridgehead atoms. The van der Waals surface area contributed by atoms with E-state index in [1.165, 1.54) is 0 Å². The largest absolute Gasteiger partial charge is 0.508 e. The van der Waals surface area contributed by atoms with Gasteiger partial charge in [-0.1, -0.05) is 11.6 Å². The summed E-state index contributed by atoms with van der Waals surface area (Å²) in [6.45, 7) is 0.682. The first kappa shape index (κ1) is 10.7. The molecule has 1 aromatic rings. The Labute approximate surface area is 93.7 Å². The summed E-state index contributed by atoms with van der Waals surface area (Å²) in [5.41, 5.74) is 0.650. The molecule has 0 unspecified atom stereocenters. The lowest BCUT2D eigenvalue weighted by molar-refractivity contribution is 0.229. The van der Waals surface area contributed by atoms with Crippen LogP contribution in [0, 0.1) is 0 Å². The maximum Gasteiger partial charge on any atom is 0.120 e. The Balaban J connectivity index is 2.01. The Hall–Kier alpha value is -0.770. The SMILES string of the molecule is OCC1(NCc2cc(Cl)ccc2O)CC1. The number of aromatic hydroxyl groups is 1. The summed E-state index contributed by atoms with van der Waals surface area (Å²) in [7, 11) is 0. The van der Waals surface area contributed by atoms with Crippen LogP contribution in [0.25, 0.3) is 0 Å². The molecule has 0 spiro atoms. The molecule has 15 heavy (non-hydrogen) atoms. The third kappa shape index (κ3) is 2.43. The molecule has 0 amide bonds. The van der Waals surface area contributed by atoms with Crippen LogP contribution in [0.2, 0.25) is 5.02 Å². The molecule has 1 aromatic carbocycles. The Morgan fingerprint density at radius 2 is 2.13 bits per heavy atom. The van der Waals surface area contributed by atoms with Gasteiger partial charge in [0.1, 0.15) is 5.75 Å². The predicted molar refractivity (Wildman–Crippen MR) is 59.0 cm³/mol. The Morgan fingerprint density at radius 3 is 2.73 bits per heavy atom. The van der Waals surface area contributed by atoms with Gasteiger partial charge in [-0.05, 0) is 31.0 Å². The van der Waals surface area contributed by atoms with Gasteiger partial charge in [0.2, 0.25) is 0 Å². The number of aliphatic hydroxyl groups is 1. The molecule has 1 saturated carbocycles. The summed E-state index contributed by atoms with van der Waals surface area (Å²) in [6, 6.07) is 4.97. The normalized spacial score (nSPS) is 17.7. The van der Waals surface area contributed by atoms with E-state index in [-0.39, 0.29) is 17.9 Å². The zero-order chi connectivity index (χ0) is 10.9. The molecule has 0 radical (unpaired) electrons. The highest BCUT2D eigenvalue weighted by Crippen LogP contribution is 2.35. The summed E-state index contributed by atoms with van der Waals surface area (Å²) in [4.78, 5) is 0. The number of hydrogen-bond donors (Lipinski definition) is 3. The van der Waals surface area contributed by atoms with E-state index in [1.807, 2.05) is 0 Å². The minimum Gasteiger partial charge on any atom is -0.508 e. The van der Waals surface area contributed by atoms with Crippen molar-refractivity contribution in [1.82, 2.24) is 5.32 Å². The number of nitrogens with one attached hydrogen (secondary N) is 1. The maximum atomic E-state index is 9.56. The number of aliphatic hydroxyl groups excluding tert-OH is 1. The highest BCUT2D eigenvalue weighted by Gasteiger charge is 2.41. The summed E-state index contributed by atoms with van der Waals surface area (Å²) in [5, 5.41) is 22.5. The molecule has 0 saturated heterocycles. The van der Waals surface area contributed by atoms with Gasteiger partial charge in [-0.2, -0.15) is 0 Å². The van der Waals surface area contributed by atoms with Crippen LogP contribution in [0.1, 0.15) is 18.4 Å². The smallest absolute Gasteiger partial charge is 0.120 e. The number of hydrogen-bond acceptors (Lipinski definition) is 3. The topological polar surface area (TPSA) is 52.5 Å². The van der Waals surface area contributed by atoms with E-state index >= 15 is 0 Å². The highest BCUT2D eigenvalue weighted by molar-refractivity contribution is 6.30. The van der Waals surface area contributed by atoms with Crippen molar-refractivity contribution in [2.75, 3.05) is 6.61 Å². The van der Waals surface area contributed by atoms with Crippen molar-refractivity contribution in [3.8, 4) is 5.75 Å². The lowest BCUT2D eigenvalue weighted by Gasteiger charge is -2.14. The molecule has 3 N–H and O–H groups in total. The van der Waals surface area contributed by atoms with Crippen molar-refractivity contribution in [1.29, 1.82) is 0 Å². The minimum atomic E-state index is -0.116. The van der Waals surface area contributed by atoms with E-state index in [1.54, 1.807) is 18.2 Å². The van der Waals surface area contributed by atoms with Crippen molar-refractivity contribution < 1.29 is 10.2 Å². The van der Waals surface area contributed by atoms with E-state index in [0.717, 1.165) is 18.4 Å². The first-order valence-corrected chi connectivity index (χ1v) is 5.36. The summed E-state index contributed by atoms with van der Waals surface area (Å²) < 4.78 is 0. The van der Waals surface area contributed by atoms with Crippen LogP contribution in [-0.4, -0.2) is 22.4 Å². The number of rotatable bonds is 4. The van der Waals surface area contributed by atoms with E-state index in [2.05, 4.69) is 5.32 Å². The van der Waals surface area contributed by atoms with Gasteiger partial charge in [0.05, 0.1) is 6.61 Å². The van der Waals surface area contributed by atoms with E-state index in [4.69, 9.17) is 16.7 Å². The first-order chi connectivity index (χ1) is 7.15. The monoisotopic (exact) mass is 227 g/mol. The second-order valence-corrected chi connectivity index (χ2v) is 4.50. The minimum absolute atomic E-state index is 0.116. The molecule has 2 rings (SSSR count). The van der Waals surface area contributed by atoms with Gasteiger partial charge in [-0.15, -0.1) is 0 Å². The van der Waals surface area contributed by atoms with Gasteiger partial charge in [0.25, 0.3) is 0 Å². The van der Waals surface area contributed by atoms with Crippen LogP contribution < -0.4 is 5.32 Å². The van der Waals surface area contributed by atoms with Crippen molar-refractivity contribution in [2.45, 2.75) is 24.9 Å². The molecule has 0 aromatic heterocycles. The lowest BCUT2D eigenvalue weighted by Crippen LogP contribution is -2.34. The van der Waals surface area contributed by atoms with Gasteiger partial charge in [-0.25, -0.2) is 0 Å². The van der Waals surface area contributed by atoms with Crippen LogP contribution in [0.5, 0.6) is 5.75 Å². The zero-order valence-corrected chi connectivity index (χ0v) is 9.09. The molecular formula is C11H14ClNO2. The van der Waals surface area contributed by atoms with Crippen molar-refractivity contribution in [3.05, 3.63) is 28.8 Å². The summed E-state index contributed by atoms with van der Waals surface area (Å²) >= 11 is 5.83. The predicted octanol–water partition coefficient (Wildman–Crippen LogP) is 1.66. The first-order valence-electron chi connectivity index (χ1n) is 4.98. The molecule has 0 aliphatic heterocycles. The van der Waals surface area contributed by atoms with Crippen molar-refractivity contribution in [2.24, 2.45) is 0 Å². The molecule has 4 heteroatoms. The molecule has 82 valence electrons. The fourth-order valence-corrected chi connectivity index (χ4v) is 1.71. The quantitative estimate of drug-likeness (QED) is 0.733. The average molecular weight is 228 g/mol. The van der Waals surface area contributed by atoms with Crippen LogP contribution in [-0.2, 0) is 6.54 Å². The molecule has 1 aliphatic carbocycles. The molecular weight excluding hydrogens is 214 g/mol. The molecule has 1 fully saturated rings. The fraction of sp³-hybridized carbons (Fsp3) is 0.455. The van der Waals surface area contributed by atoms with Crippen molar-refractivity contribution in [3.63, 3.8) is 0 Å². The van der Waals surface area contributed by atoms with Gasteiger partial charge in [-0.3, -0.25) is 0 Å². The third-order valence-electron chi connectivity index (χ3n) is 2.85. The molecule has 0 heterocycles. The Kier molecular flexibility index (Phi) is 2.87. The lowest BCUT2D eigenvalue weighted by atomic mass is 10.2. The van der Waals surface area contributed by atoms with Gasteiger partial charge < -0.3 is 15.5 Å². The van der Waals surface area contributed by atoms with Crippen LogP contribution in [0.4, 0.5) is 0 Å².